The molecule has 0 spiro atoms. The Labute approximate surface area is 115 Å². The van der Waals surface area contributed by atoms with Gasteiger partial charge in [0.25, 0.3) is 5.56 Å². The van der Waals surface area contributed by atoms with Crippen LogP contribution in [0.1, 0.15) is 5.56 Å². The lowest BCUT2D eigenvalue weighted by Crippen LogP contribution is -2.21. The van der Waals surface area contributed by atoms with Gasteiger partial charge in [-0.2, -0.15) is 0 Å². The third-order valence-electron chi connectivity index (χ3n) is 2.35. The zero-order valence-corrected chi connectivity index (χ0v) is 11.1. The van der Waals surface area contributed by atoms with Gasteiger partial charge in [0.2, 0.25) is 0 Å². The number of nitrogens with one attached hydrogen (secondary N) is 1. The predicted molar refractivity (Wildman–Crippen MR) is 71.5 cm³/mol. The number of rotatable bonds is 3. The zero-order valence-electron chi connectivity index (χ0n) is 9.55. The Balaban J connectivity index is 2.48. The predicted octanol–water partition coefficient (Wildman–Crippen LogP) is 0.804. The highest BCUT2D eigenvalue weighted by atomic mass is 79.9. The molecule has 8 heteroatoms. The normalized spacial score (nSPS) is 10.4. The van der Waals surface area contributed by atoms with E-state index >= 15 is 0 Å². The van der Waals surface area contributed by atoms with Gasteiger partial charge in [0.15, 0.2) is 5.82 Å². The molecule has 0 radical (unpaired) electrons. The van der Waals surface area contributed by atoms with Crippen molar-refractivity contribution in [3.8, 4) is 11.5 Å². The number of nitrogens with zero attached hydrogens (tertiary/aromatic N) is 2. The van der Waals surface area contributed by atoms with Crippen molar-refractivity contribution in [2.24, 2.45) is 0 Å². The fourth-order valence-electron chi connectivity index (χ4n) is 1.47. The van der Waals surface area contributed by atoms with E-state index in [9.17, 15) is 9.59 Å². The maximum absolute atomic E-state index is 11.8. The Morgan fingerprint density at radius 3 is 2.74 bits per heavy atom. The fourth-order valence-corrected chi connectivity index (χ4v) is 1.71. The average molecular weight is 325 g/mol. The minimum absolute atomic E-state index is 0.0617. The van der Waals surface area contributed by atoms with Gasteiger partial charge in [0.1, 0.15) is 11.5 Å². The van der Waals surface area contributed by atoms with Gasteiger partial charge in [-0.15, -0.1) is 0 Å². The molecule has 0 aliphatic carbocycles. The van der Waals surface area contributed by atoms with Gasteiger partial charge in [0, 0.05) is 10.7 Å². The van der Waals surface area contributed by atoms with Crippen LogP contribution in [0.25, 0.3) is 11.5 Å². The molecule has 0 saturated carbocycles. The highest BCUT2D eigenvalue weighted by Gasteiger charge is 2.13. The van der Waals surface area contributed by atoms with Gasteiger partial charge in [-0.1, -0.05) is 0 Å². The van der Waals surface area contributed by atoms with E-state index in [0.29, 0.717) is 5.69 Å². The summed E-state index contributed by atoms with van der Waals surface area (Å²) in [6, 6.07) is 3.39. The smallest absolute Gasteiger partial charge is 0.308 e. The summed E-state index contributed by atoms with van der Waals surface area (Å²) in [6.45, 7) is 0. The molecule has 0 aromatic carbocycles. The lowest BCUT2D eigenvalue weighted by Gasteiger charge is -2.05. The molecule has 0 unspecified atom stereocenters. The van der Waals surface area contributed by atoms with E-state index in [-0.39, 0.29) is 17.2 Å². The van der Waals surface area contributed by atoms with E-state index in [2.05, 4.69) is 30.9 Å². The van der Waals surface area contributed by atoms with Gasteiger partial charge in [-0.3, -0.25) is 14.6 Å². The van der Waals surface area contributed by atoms with Crippen molar-refractivity contribution < 1.29 is 9.90 Å². The third-order valence-corrected chi connectivity index (χ3v) is 2.81. The minimum atomic E-state index is -1.14. The lowest BCUT2D eigenvalue weighted by atomic mass is 10.2. The molecule has 98 valence electrons. The Kier molecular flexibility index (Phi) is 3.61. The molecule has 2 aromatic heterocycles. The first-order valence-corrected chi connectivity index (χ1v) is 5.99. The Morgan fingerprint density at radius 2 is 2.21 bits per heavy atom. The molecule has 0 atom stereocenters. The van der Waals surface area contributed by atoms with Gasteiger partial charge in [-0.25, -0.2) is 4.98 Å². The number of anilines is 1. The molecular weight excluding hydrogens is 316 g/mol. The first-order valence-electron chi connectivity index (χ1n) is 5.19. The zero-order chi connectivity index (χ0) is 14.0. The monoisotopic (exact) mass is 324 g/mol. The van der Waals surface area contributed by atoms with E-state index in [4.69, 9.17) is 10.8 Å². The first kappa shape index (κ1) is 13.2. The topological polar surface area (TPSA) is 122 Å². The van der Waals surface area contributed by atoms with Crippen LogP contribution in [0.2, 0.25) is 0 Å². The third kappa shape index (κ3) is 2.97. The summed E-state index contributed by atoms with van der Waals surface area (Å²) in [4.78, 5) is 32.9. The van der Waals surface area contributed by atoms with Crippen molar-refractivity contribution in [1.29, 1.82) is 0 Å². The van der Waals surface area contributed by atoms with Crippen LogP contribution < -0.4 is 11.3 Å². The second-order valence-corrected chi connectivity index (χ2v) is 4.63. The second-order valence-electron chi connectivity index (χ2n) is 3.71. The molecule has 0 bridgehead atoms. The Bertz CT molecular complexity index is 681. The van der Waals surface area contributed by atoms with Crippen LogP contribution >= 0.6 is 15.9 Å². The molecule has 2 rings (SSSR count). The molecule has 0 amide bonds. The number of H-pyrrole nitrogens is 1. The molecule has 19 heavy (non-hydrogen) atoms. The minimum Gasteiger partial charge on any atom is -0.481 e. The Hall–Kier alpha value is -2.22. The highest BCUT2D eigenvalue weighted by Crippen LogP contribution is 2.16. The van der Waals surface area contributed by atoms with Crippen LogP contribution in [0.15, 0.2) is 27.6 Å². The number of nitrogens with two attached hydrogens (primary N) is 1. The van der Waals surface area contributed by atoms with Gasteiger partial charge in [-0.05, 0) is 28.1 Å². The SMILES string of the molecule is Nc1nc(-c2ccc(Br)cn2)[nH]c(=O)c1CC(=O)O. The second kappa shape index (κ2) is 5.19. The maximum atomic E-state index is 11.8. The standard InChI is InChI=1S/C11H9BrN4O3/c12-5-1-2-7(14-4-5)10-15-9(13)6(3-8(17)18)11(19)16-10/h1-2,4H,3H2,(H,17,18)(H3,13,15,16,19). The molecule has 0 fully saturated rings. The fraction of sp³-hybridized carbons (Fsp3) is 0.0909. The summed E-state index contributed by atoms with van der Waals surface area (Å²) < 4.78 is 0.786. The number of aromatic nitrogens is 3. The largest absolute Gasteiger partial charge is 0.481 e. The van der Waals surface area contributed by atoms with Crippen LogP contribution in [0.3, 0.4) is 0 Å². The summed E-state index contributed by atoms with van der Waals surface area (Å²) in [6.07, 6.45) is 1.08. The summed E-state index contributed by atoms with van der Waals surface area (Å²) in [5.41, 5.74) is 5.41. The van der Waals surface area contributed by atoms with Gasteiger partial charge in [0.05, 0.1) is 12.0 Å². The summed E-state index contributed by atoms with van der Waals surface area (Å²) >= 11 is 3.24. The molecule has 7 nitrogen and oxygen atoms in total. The molecule has 4 N–H and O–H groups in total. The van der Waals surface area contributed by atoms with Crippen LogP contribution in [-0.4, -0.2) is 26.0 Å². The maximum Gasteiger partial charge on any atom is 0.308 e. The number of carboxylic acids is 1. The van der Waals surface area contributed by atoms with Crippen molar-refractivity contribution in [3.05, 3.63) is 38.7 Å². The Morgan fingerprint density at radius 1 is 1.47 bits per heavy atom. The van der Waals surface area contributed by atoms with Crippen molar-refractivity contribution in [1.82, 2.24) is 15.0 Å². The van der Waals surface area contributed by atoms with Crippen LogP contribution in [0.5, 0.6) is 0 Å². The number of aliphatic carboxylic acids is 1. The van der Waals surface area contributed by atoms with E-state index in [0.717, 1.165) is 4.47 Å². The van der Waals surface area contributed by atoms with Crippen LogP contribution in [-0.2, 0) is 11.2 Å². The van der Waals surface area contributed by atoms with E-state index < -0.39 is 17.9 Å². The highest BCUT2D eigenvalue weighted by molar-refractivity contribution is 9.10. The number of carboxylic acid groups (broad SMARTS) is 1. The molecule has 0 saturated heterocycles. The summed E-state index contributed by atoms with van der Waals surface area (Å²) in [5.74, 6) is -1.05. The van der Waals surface area contributed by atoms with Crippen molar-refractivity contribution in [2.75, 3.05) is 5.73 Å². The summed E-state index contributed by atoms with van der Waals surface area (Å²) in [7, 11) is 0. The van der Waals surface area contributed by atoms with Crippen molar-refractivity contribution in [2.45, 2.75) is 6.42 Å². The summed E-state index contributed by atoms with van der Waals surface area (Å²) in [5, 5.41) is 8.68. The number of aromatic amines is 1. The number of nitrogen functional groups attached to an aromatic ring is 1. The van der Waals surface area contributed by atoms with Crippen molar-refractivity contribution in [3.63, 3.8) is 0 Å². The van der Waals surface area contributed by atoms with Gasteiger partial charge >= 0.3 is 5.97 Å². The van der Waals surface area contributed by atoms with E-state index in [1.807, 2.05) is 0 Å². The van der Waals surface area contributed by atoms with Gasteiger partial charge < -0.3 is 15.8 Å². The van der Waals surface area contributed by atoms with E-state index in [1.54, 1.807) is 18.3 Å². The molecular formula is C11H9BrN4O3. The number of halogens is 1. The lowest BCUT2D eigenvalue weighted by molar-refractivity contribution is -0.136. The molecule has 2 heterocycles. The molecule has 0 aliphatic rings. The quantitative estimate of drug-likeness (QED) is 0.767. The number of hydrogen-bond acceptors (Lipinski definition) is 5. The number of carbonyl (C=O) groups is 1. The number of pyridine rings is 1. The first-order chi connectivity index (χ1) is 8.97. The molecule has 0 aliphatic heterocycles. The van der Waals surface area contributed by atoms with Crippen LogP contribution in [0.4, 0.5) is 5.82 Å². The van der Waals surface area contributed by atoms with Crippen molar-refractivity contribution >= 4 is 27.7 Å². The van der Waals surface area contributed by atoms with Crippen LogP contribution in [0, 0.1) is 0 Å². The average Bonchev–Trinajstić information content (AvgIpc) is 2.34. The molecule has 2 aromatic rings. The van der Waals surface area contributed by atoms with E-state index in [1.165, 1.54) is 0 Å². The number of hydrogen-bond donors (Lipinski definition) is 3.